The number of aryl methyl sites for hydroxylation is 2. The van der Waals surface area contributed by atoms with Crippen molar-refractivity contribution in [3.8, 4) is 5.75 Å². The van der Waals surface area contributed by atoms with Crippen LogP contribution in [-0.2, 0) is 16.4 Å². The van der Waals surface area contributed by atoms with Crippen LogP contribution in [0.2, 0.25) is 0 Å². The first-order chi connectivity index (χ1) is 15.2. The zero-order valence-corrected chi connectivity index (χ0v) is 19.8. The van der Waals surface area contributed by atoms with Crippen LogP contribution in [0.15, 0.2) is 83.8 Å². The summed E-state index contributed by atoms with van der Waals surface area (Å²) in [6, 6.07) is 23.1. The number of sulfonamides is 1. The molecule has 0 aromatic heterocycles. The average Bonchev–Trinajstić information content (AvgIpc) is 3.14. The molecule has 1 unspecified atom stereocenters. The molecular weight excluding hydrogens is 418 g/mol. The van der Waals surface area contributed by atoms with Gasteiger partial charge in [-0.1, -0.05) is 60.5 Å². The topological polar surface area (TPSA) is 46.6 Å². The number of benzene rings is 3. The van der Waals surface area contributed by atoms with Crippen LogP contribution in [0.1, 0.15) is 29.2 Å². The van der Waals surface area contributed by atoms with E-state index in [1.165, 1.54) is 11.1 Å². The molecule has 0 fully saturated rings. The van der Waals surface area contributed by atoms with Crippen molar-refractivity contribution in [2.24, 2.45) is 5.41 Å². The van der Waals surface area contributed by atoms with E-state index in [0.29, 0.717) is 17.1 Å². The Balaban J connectivity index is 1.76. The largest absolute Gasteiger partial charge is 0.497 e. The van der Waals surface area contributed by atoms with Gasteiger partial charge in [-0.15, -0.1) is 0 Å². The van der Waals surface area contributed by atoms with Gasteiger partial charge in [0, 0.05) is 12.0 Å². The van der Waals surface area contributed by atoms with E-state index in [0.717, 1.165) is 23.3 Å². The summed E-state index contributed by atoms with van der Waals surface area (Å²) in [5.41, 5.74) is 4.67. The molecule has 0 amide bonds. The fraction of sp³-hybridized carbons (Fsp3) is 0.259. The molecule has 3 aromatic rings. The average molecular weight is 448 g/mol. The maximum Gasteiger partial charge on any atom is 0.264 e. The van der Waals surface area contributed by atoms with Gasteiger partial charge in [0.05, 0.1) is 17.7 Å². The Hall–Kier alpha value is -3.05. The van der Waals surface area contributed by atoms with E-state index in [9.17, 15) is 8.42 Å². The van der Waals surface area contributed by atoms with E-state index >= 15 is 0 Å². The van der Waals surface area contributed by atoms with Crippen molar-refractivity contribution in [3.05, 3.63) is 101 Å². The van der Waals surface area contributed by atoms with Crippen molar-refractivity contribution in [2.45, 2.75) is 32.1 Å². The standard InChI is InChI=1S/C27H29NO3S/c1-20-5-9-22(10-6-20)17-27(3)18-26(23-11-13-24(31-4)14-12-23)28(19-27)32(29,30)25-15-7-21(2)8-16-25/h5-16,18H,17,19H2,1-4H3. The Morgan fingerprint density at radius 2 is 1.44 bits per heavy atom. The summed E-state index contributed by atoms with van der Waals surface area (Å²) in [6.07, 6.45) is 2.87. The molecule has 0 saturated carbocycles. The predicted molar refractivity (Wildman–Crippen MR) is 129 cm³/mol. The summed E-state index contributed by atoms with van der Waals surface area (Å²) in [4.78, 5) is 0.307. The second kappa shape index (κ2) is 8.47. The van der Waals surface area contributed by atoms with E-state index in [2.05, 4.69) is 44.2 Å². The highest BCUT2D eigenvalue weighted by molar-refractivity contribution is 7.89. The molecule has 4 rings (SSSR count). The molecule has 0 radical (unpaired) electrons. The van der Waals surface area contributed by atoms with Crippen molar-refractivity contribution < 1.29 is 13.2 Å². The van der Waals surface area contributed by atoms with Crippen LogP contribution in [0.4, 0.5) is 0 Å². The van der Waals surface area contributed by atoms with Crippen LogP contribution < -0.4 is 4.74 Å². The van der Waals surface area contributed by atoms with Crippen LogP contribution >= 0.6 is 0 Å². The minimum Gasteiger partial charge on any atom is -0.497 e. The molecule has 3 aromatic carbocycles. The summed E-state index contributed by atoms with van der Waals surface area (Å²) < 4.78 is 34.2. The quantitative estimate of drug-likeness (QED) is 0.494. The summed E-state index contributed by atoms with van der Waals surface area (Å²) >= 11 is 0. The SMILES string of the molecule is COc1ccc(C2=CC(C)(Cc3ccc(C)cc3)CN2S(=O)(=O)c2ccc(C)cc2)cc1. The molecule has 1 atom stereocenters. The van der Waals surface area contributed by atoms with Gasteiger partial charge in [-0.2, -0.15) is 0 Å². The third-order valence-electron chi connectivity index (χ3n) is 5.98. The molecule has 32 heavy (non-hydrogen) atoms. The predicted octanol–water partition coefficient (Wildman–Crippen LogP) is 5.61. The molecule has 166 valence electrons. The molecule has 1 aliphatic rings. The molecule has 5 heteroatoms. The smallest absolute Gasteiger partial charge is 0.264 e. The summed E-state index contributed by atoms with van der Waals surface area (Å²) in [5.74, 6) is 0.739. The van der Waals surface area contributed by atoms with Gasteiger partial charge in [0.15, 0.2) is 0 Å². The maximum absolute atomic E-state index is 13.7. The van der Waals surface area contributed by atoms with Crippen molar-refractivity contribution in [1.82, 2.24) is 4.31 Å². The Morgan fingerprint density at radius 1 is 0.875 bits per heavy atom. The molecule has 0 saturated heterocycles. The lowest BCUT2D eigenvalue weighted by Gasteiger charge is -2.27. The molecule has 0 spiro atoms. The maximum atomic E-state index is 13.7. The summed E-state index contributed by atoms with van der Waals surface area (Å²) in [5, 5.41) is 0. The molecule has 1 heterocycles. The first kappa shape index (κ1) is 22.2. The van der Waals surface area contributed by atoms with Crippen LogP contribution in [0.25, 0.3) is 5.70 Å². The van der Waals surface area contributed by atoms with Crippen molar-refractivity contribution in [2.75, 3.05) is 13.7 Å². The Kier molecular flexibility index (Phi) is 5.87. The van der Waals surface area contributed by atoms with Gasteiger partial charge in [0.2, 0.25) is 0 Å². The van der Waals surface area contributed by atoms with Gasteiger partial charge in [-0.25, -0.2) is 8.42 Å². The lowest BCUT2D eigenvalue weighted by molar-refractivity contribution is 0.377. The Morgan fingerprint density at radius 3 is 2.00 bits per heavy atom. The van der Waals surface area contributed by atoms with E-state index in [-0.39, 0.29) is 5.41 Å². The van der Waals surface area contributed by atoms with E-state index in [4.69, 9.17) is 4.74 Å². The monoisotopic (exact) mass is 447 g/mol. The molecule has 4 nitrogen and oxygen atoms in total. The highest BCUT2D eigenvalue weighted by atomic mass is 32.2. The highest BCUT2D eigenvalue weighted by Crippen LogP contribution is 2.42. The van der Waals surface area contributed by atoms with Gasteiger partial charge in [-0.05, 0) is 67.8 Å². The van der Waals surface area contributed by atoms with Gasteiger partial charge >= 0.3 is 0 Å². The molecular formula is C27H29NO3S. The fourth-order valence-corrected chi connectivity index (χ4v) is 5.80. The highest BCUT2D eigenvalue weighted by Gasteiger charge is 2.40. The van der Waals surface area contributed by atoms with Crippen molar-refractivity contribution >= 4 is 15.7 Å². The van der Waals surface area contributed by atoms with Crippen molar-refractivity contribution in [1.29, 1.82) is 0 Å². The Labute approximate surface area is 191 Å². The zero-order valence-electron chi connectivity index (χ0n) is 19.0. The lowest BCUT2D eigenvalue weighted by Crippen LogP contribution is -2.33. The van der Waals surface area contributed by atoms with Crippen LogP contribution in [0, 0.1) is 19.3 Å². The minimum atomic E-state index is -3.70. The third-order valence-corrected chi connectivity index (χ3v) is 7.76. The van der Waals surface area contributed by atoms with Gasteiger partial charge in [0.25, 0.3) is 10.0 Å². The lowest BCUT2D eigenvalue weighted by atomic mass is 9.84. The number of hydrogen-bond acceptors (Lipinski definition) is 3. The number of nitrogens with zero attached hydrogens (tertiary/aromatic N) is 1. The van der Waals surface area contributed by atoms with Gasteiger partial charge < -0.3 is 4.74 Å². The second-order valence-corrected chi connectivity index (χ2v) is 10.8. The normalized spacial score (nSPS) is 18.5. The number of rotatable bonds is 6. The second-order valence-electron chi connectivity index (χ2n) is 8.90. The molecule has 0 N–H and O–H groups in total. The zero-order chi connectivity index (χ0) is 22.9. The number of hydrogen-bond donors (Lipinski definition) is 0. The Bertz CT molecular complexity index is 1230. The molecule has 0 aliphatic carbocycles. The van der Waals surface area contributed by atoms with Crippen LogP contribution in [0.5, 0.6) is 5.75 Å². The minimum absolute atomic E-state index is 0.307. The first-order valence-corrected chi connectivity index (χ1v) is 12.2. The molecule has 1 aliphatic heterocycles. The first-order valence-electron chi connectivity index (χ1n) is 10.7. The van der Waals surface area contributed by atoms with Gasteiger partial charge in [0.1, 0.15) is 5.75 Å². The van der Waals surface area contributed by atoms with E-state index < -0.39 is 10.0 Å². The number of methoxy groups -OCH3 is 1. The van der Waals surface area contributed by atoms with Crippen molar-refractivity contribution in [3.63, 3.8) is 0 Å². The molecule has 0 bridgehead atoms. The summed E-state index contributed by atoms with van der Waals surface area (Å²) in [7, 11) is -2.08. The number of ether oxygens (including phenoxy) is 1. The van der Waals surface area contributed by atoms with E-state index in [1.54, 1.807) is 23.5 Å². The van der Waals surface area contributed by atoms with Crippen LogP contribution in [-0.4, -0.2) is 26.4 Å². The third kappa shape index (κ3) is 4.44. The fourth-order valence-electron chi connectivity index (χ4n) is 4.18. The summed E-state index contributed by atoms with van der Waals surface area (Å²) in [6.45, 7) is 6.53. The van der Waals surface area contributed by atoms with Crippen LogP contribution in [0.3, 0.4) is 0 Å². The van der Waals surface area contributed by atoms with Gasteiger partial charge in [-0.3, -0.25) is 4.31 Å². The van der Waals surface area contributed by atoms with E-state index in [1.807, 2.05) is 43.3 Å².